The summed E-state index contributed by atoms with van der Waals surface area (Å²) < 4.78 is 0. The fourth-order valence-electron chi connectivity index (χ4n) is 3.05. The molecule has 0 aromatic heterocycles. The van der Waals surface area contributed by atoms with Crippen molar-refractivity contribution in [1.82, 2.24) is 0 Å². The van der Waals surface area contributed by atoms with E-state index in [-0.39, 0.29) is 0 Å². The summed E-state index contributed by atoms with van der Waals surface area (Å²) in [5.74, 6) is 0. The maximum absolute atomic E-state index is 4.74. The van der Waals surface area contributed by atoms with Crippen LogP contribution in [0.2, 0.25) is 0 Å². The van der Waals surface area contributed by atoms with Gasteiger partial charge < -0.3 is 4.90 Å². The SMILES string of the molecule is CN(C)c1ccc(C=Nc2ccc(C3=Nc4ccccc4C3)cc2)cc1. The first-order valence-corrected chi connectivity index (χ1v) is 8.76. The first-order chi connectivity index (χ1) is 12.7. The lowest BCUT2D eigenvalue weighted by Gasteiger charge is -2.11. The molecule has 1 aliphatic heterocycles. The van der Waals surface area contributed by atoms with Gasteiger partial charge in [-0.3, -0.25) is 9.98 Å². The molecule has 0 aliphatic carbocycles. The Morgan fingerprint density at radius 3 is 2.31 bits per heavy atom. The molecule has 1 aliphatic rings. The molecule has 128 valence electrons. The summed E-state index contributed by atoms with van der Waals surface area (Å²) in [4.78, 5) is 11.4. The van der Waals surface area contributed by atoms with Gasteiger partial charge in [0.2, 0.25) is 0 Å². The molecule has 0 N–H and O–H groups in total. The van der Waals surface area contributed by atoms with Gasteiger partial charge in [-0.1, -0.05) is 42.5 Å². The molecule has 0 saturated carbocycles. The van der Waals surface area contributed by atoms with Crippen LogP contribution < -0.4 is 4.90 Å². The van der Waals surface area contributed by atoms with Crippen LogP contribution in [0.5, 0.6) is 0 Å². The molecule has 0 spiro atoms. The number of fused-ring (bicyclic) bond motifs is 1. The predicted molar refractivity (Wildman–Crippen MR) is 111 cm³/mol. The van der Waals surface area contributed by atoms with Gasteiger partial charge in [-0.15, -0.1) is 0 Å². The Labute approximate surface area is 154 Å². The zero-order valence-corrected chi connectivity index (χ0v) is 15.1. The van der Waals surface area contributed by atoms with Crippen molar-refractivity contribution >= 4 is 29.0 Å². The third kappa shape index (κ3) is 3.42. The Bertz CT molecular complexity index is 965. The Morgan fingerprint density at radius 2 is 1.62 bits per heavy atom. The highest BCUT2D eigenvalue weighted by Crippen LogP contribution is 2.28. The molecule has 0 amide bonds. The molecule has 4 rings (SSSR count). The highest BCUT2D eigenvalue weighted by molar-refractivity contribution is 6.06. The van der Waals surface area contributed by atoms with Crippen LogP contribution in [0.1, 0.15) is 16.7 Å². The Balaban J connectivity index is 1.47. The third-order valence-electron chi connectivity index (χ3n) is 4.58. The molecule has 3 aromatic rings. The van der Waals surface area contributed by atoms with E-state index in [0.717, 1.165) is 34.6 Å². The second-order valence-corrected chi connectivity index (χ2v) is 6.66. The maximum atomic E-state index is 4.74. The number of anilines is 1. The minimum atomic E-state index is 0.900. The van der Waals surface area contributed by atoms with Gasteiger partial charge in [-0.05, 0) is 47.0 Å². The molecule has 3 aromatic carbocycles. The molecule has 1 heterocycles. The van der Waals surface area contributed by atoms with E-state index in [4.69, 9.17) is 4.99 Å². The summed E-state index contributed by atoms with van der Waals surface area (Å²) in [5, 5.41) is 0. The largest absolute Gasteiger partial charge is 0.378 e. The van der Waals surface area contributed by atoms with E-state index in [1.807, 2.05) is 38.5 Å². The monoisotopic (exact) mass is 339 g/mol. The van der Waals surface area contributed by atoms with Gasteiger partial charge in [-0.25, -0.2) is 0 Å². The lowest BCUT2D eigenvalue weighted by Crippen LogP contribution is -2.08. The van der Waals surface area contributed by atoms with Gasteiger partial charge in [0, 0.05) is 32.4 Å². The number of benzene rings is 3. The topological polar surface area (TPSA) is 28.0 Å². The average molecular weight is 339 g/mol. The van der Waals surface area contributed by atoms with Gasteiger partial charge in [0.1, 0.15) is 0 Å². The predicted octanol–water partition coefficient (Wildman–Crippen LogP) is 5.18. The molecule has 26 heavy (non-hydrogen) atoms. The second kappa shape index (κ2) is 6.96. The summed E-state index contributed by atoms with van der Waals surface area (Å²) in [6.45, 7) is 0. The number of hydrogen-bond donors (Lipinski definition) is 0. The van der Waals surface area contributed by atoms with E-state index in [1.54, 1.807) is 0 Å². The highest BCUT2D eigenvalue weighted by atomic mass is 15.1. The molecule has 3 heteroatoms. The number of para-hydroxylation sites is 1. The molecular weight excluding hydrogens is 318 g/mol. The van der Waals surface area contributed by atoms with Crippen molar-refractivity contribution in [2.75, 3.05) is 19.0 Å². The molecule has 0 fully saturated rings. The van der Waals surface area contributed by atoms with E-state index in [9.17, 15) is 0 Å². The first kappa shape index (κ1) is 16.3. The van der Waals surface area contributed by atoms with Crippen molar-refractivity contribution in [1.29, 1.82) is 0 Å². The van der Waals surface area contributed by atoms with Crippen LogP contribution in [0.4, 0.5) is 17.1 Å². The minimum Gasteiger partial charge on any atom is -0.378 e. The Morgan fingerprint density at radius 1 is 0.885 bits per heavy atom. The van der Waals surface area contributed by atoms with Crippen LogP contribution in [-0.4, -0.2) is 26.0 Å². The number of nitrogens with zero attached hydrogens (tertiary/aromatic N) is 3. The van der Waals surface area contributed by atoms with Gasteiger partial charge >= 0.3 is 0 Å². The normalized spacial score (nSPS) is 12.9. The van der Waals surface area contributed by atoms with Crippen LogP contribution in [-0.2, 0) is 6.42 Å². The Hall–Kier alpha value is -3.20. The van der Waals surface area contributed by atoms with Crippen molar-refractivity contribution < 1.29 is 0 Å². The van der Waals surface area contributed by atoms with Crippen LogP contribution in [0, 0.1) is 0 Å². The quantitative estimate of drug-likeness (QED) is 0.602. The zero-order chi connectivity index (χ0) is 17.9. The highest BCUT2D eigenvalue weighted by Gasteiger charge is 2.14. The fourth-order valence-corrected chi connectivity index (χ4v) is 3.05. The first-order valence-electron chi connectivity index (χ1n) is 8.76. The molecule has 0 radical (unpaired) electrons. The maximum Gasteiger partial charge on any atom is 0.0669 e. The van der Waals surface area contributed by atoms with Gasteiger partial charge in [0.15, 0.2) is 0 Å². The van der Waals surface area contributed by atoms with Gasteiger partial charge in [0.05, 0.1) is 17.1 Å². The fraction of sp³-hybridized carbons (Fsp3) is 0.130. The summed E-state index contributed by atoms with van der Waals surface area (Å²) in [7, 11) is 4.08. The third-order valence-corrected chi connectivity index (χ3v) is 4.58. The van der Waals surface area contributed by atoms with Crippen molar-refractivity contribution in [3.63, 3.8) is 0 Å². The van der Waals surface area contributed by atoms with E-state index in [0.29, 0.717) is 0 Å². The summed E-state index contributed by atoms with van der Waals surface area (Å²) >= 11 is 0. The summed E-state index contributed by atoms with van der Waals surface area (Å²) in [6.07, 6.45) is 2.80. The molecule has 0 bridgehead atoms. The van der Waals surface area contributed by atoms with Gasteiger partial charge in [-0.2, -0.15) is 0 Å². The standard InChI is InChI=1S/C23H21N3/c1-26(2)21-13-7-17(8-14-21)16-24-20-11-9-18(10-12-20)23-15-19-5-3-4-6-22(19)25-23/h3-14,16H,15H2,1-2H3. The van der Waals surface area contributed by atoms with E-state index < -0.39 is 0 Å². The summed E-state index contributed by atoms with van der Waals surface area (Å²) in [5.41, 5.74) is 7.90. The molecule has 0 saturated heterocycles. The number of aliphatic imine (C=N–C) groups is 2. The molecule has 0 atom stereocenters. The zero-order valence-electron chi connectivity index (χ0n) is 15.1. The van der Waals surface area contributed by atoms with Crippen molar-refractivity contribution in [2.45, 2.75) is 6.42 Å². The minimum absolute atomic E-state index is 0.900. The number of hydrogen-bond acceptors (Lipinski definition) is 3. The number of rotatable bonds is 4. The van der Waals surface area contributed by atoms with E-state index in [2.05, 4.69) is 64.5 Å². The van der Waals surface area contributed by atoms with Crippen molar-refractivity contribution in [2.24, 2.45) is 9.98 Å². The lowest BCUT2D eigenvalue weighted by molar-refractivity contribution is 1.13. The lowest BCUT2D eigenvalue weighted by atomic mass is 10.0. The smallest absolute Gasteiger partial charge is 0.0669 e. The van der Waals surface area contributed by atoms with Crippen LogP contribution in [0.25, 0.3) is 0 Å². The van der Waals surface area contributed by atoms with E-state index >= 15 is 0 Å². The Kier molecular flexibility index (Phi) is 4.36. The van der Waals surface area contributed by atoms with Crippen molar-refractivity contribution in [3.05, 3.63) is 89.5 Å². The average Bonchev–Trinajstić information content (AvgIpc) is 3.11. The second-order valence-electron chi connectivity index (χ2n) is 6.66. The summed E-state index contributed by atoms with van der Waals surface area (Å²) in [6, 6.07) is 25.0. The van der Waals surface area contributed by atoms with Crippen LogP contribution >= 0.6 is 0 Å². The van der Waals surface area contributed by atoms with Crippen LogP contribution in [0.15, 0.2) is 82.8 Å². The van der Waals surface area contributed by atoms with E-state index in [1.165, 1.54) is 11.3 Å². The molecule has 0 unspecified atom stereocenters. The van der Waals surface area contributed by atoms with Gasteiger partial charge in [0.25, 0.3) is 0 Å². The van der Waals surface area contributed by atoms with Crippen LogP contribution in [0.3, 0.4) is 0 Å². The molecule has 3 nitrogen and oxygen atoms in total. The van der Waals surface area contributed by atoms with Crippen molar-refractivity contribution in [3.8, 4) is 0 Å². The molecular formula is C23H21N3.